The Morgan fingerprint density at radius 1 is 1.04 bits per heavy atom. The molecule has 0 radical (unpaired) electrons. The first kappa shape index (κ1) is 19.9. The number of amides is 1. The maximum Gasteiger partial charge on any atom is 0.234 e. The lowest BCUT2D eigenvalue weighted by molar-refractivity contribution is -0.122. The van der Waals surface area contributed by atoms with Crippen LogP contribution in [0.5, 0.6) is 0 Å². The van der Waals surface area contributed by atoms with E-state index in [2.05, 4.69) is 40.2 Å². The van der Waals surface area contributed by atoms with Gasteiger partial charge in [0.05, 0.1) is 6.54 Å². The van der Waals surface area contributed by atoms with E-state index in [1.54, 1.807) is 0 Å². The maximum absolute atomic E-state index is 12.2. The Labute approximate surface area is 167 Å². The number of aryl methyl sites for hydroxylation is 1. The molecule has 0 bridgehead atoms. The van der Waals surface area contributed by atoms with Gasteiger partial charge in [-0.2, -0.15) is 0 Å². The van der Waals surface area contributed by atoms with Crippen molar-refractivity contribution < 1.29 is 4.79 Å². The minimum absolute atomic E-state index is 0.117. The summed E-state index contributed by atoms with van der Waals surface area (Å²) in [4.78, 5) is 16.9. The number of piperazine rings is 1. The van der Waals surface area contributed by atoms with E-state index in [1.807, 2.05) is 30.3 Å². The molecule has 1 heterocycles. The summed E-state index contributed by atoms with van der Waals surface area (Å²) >= 11 is 6.06. The van der Waals surface area contributed by atoms with Crippen molar-refractivity contribution in [1.29, 1.82) is 0 Å². The highest BCUT2D eigenvalue weighted by Crippen LogP contribution is 2.14. The number of nitrogens with one attached hydrogen (secondary N) is 1. The zero-order chi connectivity index (χ0) is 19.1. The maximum atomic E-state index is 12.2. The van der Waals surface area contributed by atoms with Crippen LogP contribution in [0.3, 0.4) is 0 Å². The van der Waals surface area contributed by atoms with E-state index in [9.17, 15) is 4.79 Å². The van der Waals surface area contributed by atoms with Crippen molar-refractivity contribution in [3.63, 3.8) is 0 Å². The van der Waals surface area contributed by atoms with Crippen LogP contribution in [0.15, 0.2) is 48.5 Å². The summed E-state index contributed by atoms with van der Waals surface area (Å²) in [5.74, 6) is 0.117. The molecule has 0 unspecified atom stereocenters. The molecule has 2 aromatic rings. The second-order valence-corrected chi connectivity index (χ2v) is 7.65. The first-order chi connectivity index (χ1) is 13.1. The molecule has 1 aliphatic heterocycles. The SMILES string of the molecule is Cc1ccccc1CCNC(=O)CN1CCN(Cc2cccc(Cl)c2)CC1. The molecule has 27 heavy (non-hydrogen) atoms. The van der Waals surface area contributed by atoms with Crippen LogP contribution >= 0.6 is 11.6 Å². The van der Waals surface area contributed by atoms with Gasteiger partial charge in [0, 0.05) is 44.3 Å². The highest BCUT2D eigenvalue weighted by atomic mass is 35.5. The summed E-state index contributed by atoms with van der Waals surface area (Å²) < 4.78 is 0. The lowest BCUT2D eigenvalue weighted by Gasteiger charge is -2.34. The Hall–Kier alpha value is -1.88. The molecule has 1 N–H and O–H groups in total. The fourth-order valence-corrected chi connectivity index (χ4v) is 3.70. The molecule has 0 spiro atoms. The number of carbonyl (C=O) groups excluding carboxylic acids is 1. The Kier molecular flexibility index (Phi) is 7.27. The van der Waals surface area contributed by atoms with Crippen LogP contribution in [0.1, 0.15) is 16.7 Å². The second kappa shape index (κ2) is 9.88. The van der Waals surface area contributed by atoms with Gasteiger partial charge in [-0.1, -0.05) is 48.0 Å². The summed E-state index contributed by atoms with van der Waals surface area (Å²) in [5, 5.41) is 3.84. The smallest absolute Gasteiger partial charge is 0.234 e. The summed E-state index contributed by atoms with van der Waals surface area (Å²) in [6.45, 7) is 8.00. The Bertz CT molecular complexity index is 757. The molecular weight excluding hydrogens is 358 g/mol. The Morgan fingerprint density at radius 3 is 2.52 bits per heavy atom. The zero-order valence-electron chi connectivity index (χ0n) is 16.0. The third kappa shape index (κ3) is 6.35. The quantitative estimate of drug-likeness (QED) is 0.795. The van der Waals surface area contributed by atoms with E-state index in [0.717, 1.165) is 44.2 Å². The lowest BCUT2D eigenvalue weighted by Crippen LogP contribution is -2.49. The van der Waals surface area contributed by atoms with Crippen molar-refractivity contribution >= 4 is 17.5 Å². The molecule has 3 rings (SSSR count). The predicted octanol–water partition coefficient (Wildman–Crippen LogP) is 3.12. The standard InChI is InChI=1S/C22H28ClN3O/c1-18-5-2-3-7-20(18)9-10-24-22(27)17-26-13-11-25(12-14-26)16-19-6-4-8-21(23)15-19/h2-8,15H,9-14,16-17H2,1H3,(H,24,27). The molecule has 1 fully saturated rings. The first-order valence-electron chi connectivity index (χ1n) is 9.60. The van der Waals surface area contributed by atoms with E-state index in [0.29, 0.717) is 13.1 Å². The minimum Gasteiger partial charge on any atom is -0.355 e. The van der Waals surface area contributed by atoms with Crippen LogP contribution < -0.4 is 5.32 Å². The molecule has 4 nitrogen and oxygen atoms in total. The molecule has 0 aliphatic carbocycles. The molecule has 1 aliphatic rings. The van der Waals surface area contributed by atoms with Crippen molar-refractivity contribution in [3.05, 3.63) is 70.2 Å². The summed E-state index contributed by atoms with van der Waals surface area (Å²) in [5.41, 5.74) is 3.82. The van der Waals surface area contributed by atoms with E-state index in [1.165, 1.54) is 16.7 Å². The second-order valence-electron chi connectivity index (χ2n) is 7.21. The summed E-state index contributed by atoms with van der Waals surface area (Å²) in [6, 6.07) is 16.4. The highest BCUT2D eigenvalue weighted by Gasteiger charge is 2.19. The van der Waals surface area contributed by atoms with Crippen LogP contribution in [0.25, 0.3) is 0 Å². The highest BCUT2D eigenvalue weighted by molar-refractivity contribution is 6.30. The van der Waals surface area contributed by atoms with E-state index >= 15 is 0 Å². The largest absolute Gasteiger partial charge is 0.355 e. The van der Waals surface area contributed by atoms with Gasteiger partial charge in [-0.05, 0) is 42.2 Å². The summed E-state index contributed by atoms with van der Waals surface area (Å²) in [6.07, 6.45) is 0.881. The van der Waals surface area contributed by atoms with Gasteiger partial charge in [0.1, 0.15) is 0 Å². The normalized spacial score (nSPS) is 15.6. The van der Waals surface area contributed by atoms with Gasteiger partial charge in [-0.3, -0.25) is 14.6 Å². The molecule has 2 aromatic carbocycles. The molecule has 1 saturated heterocycles. The van der Waals surface area contributed by atoms with Crippen LogP contribution in [-0.4, -0.2) is 55.0 Å². The van der Waals surface area contributed by atoms with Gasteiger partial charge in [0.15, 0.2) is 0 Å². The predicted molar refractivity (Wildman–Crippen MR) is 111 cm³/mol. The van der Waals surface area contributed by atoms with Crippen molar-refractivity contribution in [2.45, 2.75) is 19.9 Å². The number of nitrogens with zero attached hydrogens (tertiary/aromatic N) is 2. The van der Waals surface area contributed by atoms with Gasteiger partial charge in [-0.25, -0.2) is 0 Å². The topological polar surface area (TPSA) is 35.6 Å². The number of benzene rings is 2. The molecule has 144 valence electrons. The van der Waals surface area contributed by atoms with Crippen LogP contribution in [-0.2, 0) is 17.8 Å². The average molecular weight is 386 g/mol. The zero-order valence-corrected chi connectivity index (χ0v) is 16.7. The molecular formula is C22H28ClN3O. The number of carbonyl (C=O) groups is 1. The monoisotopic (exact) mass is 385 g/mol. The fourth-order valence-electron chi connectivity index (χ4n) is 3.49. The van der Waals surface area contributed by atoms with Gasteiger partial charge < -0.3 is 5.32 Å². The Morgan fingerprint density at radius 2 is 1.78 bits per heavy atom. The van der Waals surface area contributed by atoms with Crippen LogP contribution in [0.2, 0.25) is 5.02 Å². The van der Waals surface area contributed by atoms with E-state index in [4.69, 9.17) is 11.6 Å². The van der Waals surface area contributed by atoms with E-state index < -0.39 is 0 Å². The third-order valence-electron chi connectivity index (χ3n) is 5.11. The minimum atomic E-state index is 0.117. The van der Waals surface area contributed by atoms with Crippen molar-refractivity contribution in [2.24, 2.45) is 0 Å². The van der Waals surface area contributed by atoms with Crippen LogP contribution in [0.4, 0.5) is 0 Å². The molecule has 0 aromatic heterocycles. The first-order valence-corrected chi connectivity index (χ1v) is 9.98. The number of hydrogen-bond acceptors (Lipinski definition) is 3. The van der Waals surface area contributed by atoms with Crippen molar-refractivity contribution in [1.82, 2.24) is 15.1 Å². The fraction of sp³-hybridized carbons (Fsp3) is 0.409. The lowest BCUT2D eigenvalue weighted by atomic mass is 10.1. The van der Waals surface area contributed by atoms with Gasteiger partial charge in [0.2, 0.25) is 5.91 Å². The van der Waals surface area contributed by atoms with Crippen LogP contribution in [0, 0.1) is 6.92 Å². The molecule has 0 atom stereocenters. The number of hydrogen-bond donors (Lipinski definition) is 1. The van der Waals surface area contributed by atoms with E-state index in [-0.39, 0.29) is 5.91 Å². The summed E-state index contributed by atoms with van der Waals surface area (Å²) in [7, 11) is 0. The Balaban J connectivity index is 1.35. The molecule has 1 amide bonds. The number of halogens is 1. The van der Waals surface area contributed by atoms with Gasteiger partial charge >= 0.3 is 0 Å². The third-order valence-corrected chi connectivity index (χ3v) is 5.34. The van der Waals surface area contributed by atoms with Crippen molar-refractivity contribution in [3.8, 4) is 0 Å². The van der Waals surface area contributed by atoms with Crippen molar-refractivity contribution in [2.75, 3.05) is 39.3 Å². The average Bonchev–Trinajstić information content (AvgIpc) is 2.65. The van der Waals surface area contributed by atoms with Gasteiger partial charge in [-0.15, -0.1) is 0 Å². The number of rotatable bonds is 7. The van der Waals surface area contributed by atoms with Gasteiger partial charge in [0.25, 0.3) is 0 Å². The molecule has 5 heteroatoms. The molecule has 0 saturated carbocycles.